The van der Waals surface area contributed by atoms with Gasteiger partial charge in [0.25, 0.3) is 0 Å². The monoisotopic (exact) mass is 552 g/mol. The molecule has 1 rings (SSSR count). The van der Waals surface area contributed by atoms with Crippen LogP contribution in [0.5, 0.6) is 0 Å². The Hall–Kier alpha value is -1.56. The van der Waals surface area contributed by atoms with Crippen molar-refractivity contribution in [3.05, 3.63) is 18.0 Å². The molecule has 0 aromatic carbocycles. The molecule has 0 saturated carbocycles. The van der Waals surface area contributed by atoms with Crippen LogP contribution in [0.1, 0.15) is 66.9 Å². The van der Waals surface area contributed by atoms with Gasteiger partial charge in [0.15, 0.2) is 5.96 Å². The quantitative estimate of drug-likeness (QED) is 0.213. The van der Waals surface area contributed by atoms with Crippen molar-refractivity contribution in [2.45, 2.75) is 78.0 Å². The molecule has 0 aliphatic heterocycles. The van der Waals surface area contributed by atoms with Gasteiger partial charge in [0, 0.05) is 31.9 Å². The zero-order chi connectivity index (χ0) is 23.0. The van der Waals surface area contributed by atoms with Crippen LogP contribution < -0.4 is 16.0 Å². The third kappa shape index (κ3) is 10.1. The summed E-state index contributed by atoms with van der Waals surface area (Å²) in [5.74, 6) is 0.568. The molecule has 4 N–H and O–H groups in total. The Kier molecular flexibility index (Phi) is 11.8. The molecule has 0 spiro atoms. The van der Waals surface area contributed by atoms with Crippen molar-refractivity contribution < 1.29 is 14.6 Å². The summed E-state index contributed by atoms with van der Waals surface area (Å²) in [6.07, 6.45) is 4.43. The molecule has 0 saturated heterocycles. The van der Waals surface area contributed by atoms with Crippen molar-refractivity contribution >= 4 is 36.0 Å². The van der Waals surface area contributed by atoms with Gasteiger partial charge in [0.05, 0.1) is 18.3 Å². The Morgan fingerprint density at radius 3 is 2.26 bits per heavy atom. The molecular weight excluding hydrogens is 511 g/mol. The number of rotatable bonds is 9. The number of carbonyl (C=O) groups is 1. The van der Waals surface area contributed by atoms with Crippen molar-refractivity contribution in [2.24, 2.45) is 12.0 Å². The Balaban J connectivity index is 0.00000900. The van der Waals surface area contributed by atoms with Crippen LogP contribution in [0.25, 0.3) is 0 Å². The molecule has 1 unspecified atom stereocenters. The van der Waals surface area contributed by atoms with Gasteiger partial charge in [-0.1, -0.05) is 13.8 Å². The first kappa shape index (κ1) is 29.4. The molecule has 1 amide bonds. The van der Waals surface area contributed by atoms with Crippen molar-refractivity contribution in [3.8, 4) is 0 Å². The largest absolute Gasteiger partial charge is 0.444 e. The highest BCUT2D eigenvalue weighted by molar-refractivity contribution is 14.0. The van der Waals surface area contributed by atoms with Gasteiger partial charge in [0.1, 0.15) is 11.2 Å². The molecule has 0 aliphatic rings. The Bertz CT molecular complexity index is 708. The average Bonchev–Trinajstić information content (AvgIpc) is 3.08. The zero-order valence-electron chi connectivity index (χ0n) is 20.2. The number of amides is 1. The topological polar surface area (TPSA) is 113 Å². The van der Waals surface area contributed by atoms with E-state index in [0.29, 0.717) is 24.6 Å². The van der Waals surface area contributed by atoms with E-state index < -0.39 is 22.8 Å². The molecule has 1 aromatic heterocycles. The highest BCUT2D eigenvalue weighted by Crippen LogP contribution is 2.20. The third-order valence-electron chi connectivity index (χ3n) is 4.93. The lowest BCUT2D eigenvalue weighted by Crippen LogP contribution is -2.57. The summed E-state index contributed by atoms with van der Waals surface area (Å²) in [5.41, 5.74) is -1.48. The number of aryl methyl sites for hydroxylation is 1. The summed E-state index contributed by atoms with van der Waals surface area (Å²) in [7, 11) is 1.81. The number of aromatic nitrogens is 2. The second-order valence-electron chi connectivity index (χ2n) is 8.84. The summed E-state index contributed by atoms with van der Waals surface area (Å²) >= 11 is 0. The van der Waals surface area contributed by atoms with Crippen LogP contribution >= 0.6 is 24.0 Å². The molecule has 10 heteroatoms. The number of alkyl carbamates (subject to hydrolysis) is 1. The predicted molar refractivity (Wildman–Crippen MR) is 135 cm³/mol. The first-order valence-electron chi connectivity index (χ1n) is 10.6. The summed E-state index contributed by atoms with van der Waals surface area (Å²) in [5, 5.41) is 24.4. The van der Waals surface area contributed by atoms with E-state index in [1.165, 1.54) is 0 Å². The smallest absolute Gasteiger partial charge is 0.408 e. The number of nitrogens with zero attached hydrogens (tertiary/aromatic N) is 3. The number of aliphatic hydroxyl groups is 1. The number of halogens is 1. The van der Waals surface area contributed by atoms with Gasteiger partial charge in [0.2, 0.25) is 0 Å². The molecule has 31 heavy (non-hydrogen) atoms. The highest BCUT2D eigenvalue weighted by atomic mass is 127. The van der Waals surface area contributed by atoms with Crippen molar-refractivity contribution in [2.75, 3.05) is 19.6 Å². The Morgan fingerprint density at radius 1 is 1.19 bits per heavy atom. The standard InChI is InChI=1S/C21H40N6O3.HI/c1-9-21(10-2,26-18(28)30-19(4,5)6)15-24-17(22-11-3)23-14-20(7,29)16-12-25-27(8)13-16;/h12-13,29H,9-11,14-15H2,1-8H3,(H,26,28)(H2,22,23,24);1H. The minimum atomic E-state index is -1.14. The number of aliphatic imine (C=N–C) groups is 1. The lowest BCUT2D eigenvalue weighted by Gasteiger charge is -2.34. The van der Waals surface area contributed by atoms with Crippen LogP contribution in [-0.2, 0) is 17.4 Å². The molecule has 9 nitrogen and oxygen atoms in total. The normalized spacial score (nSPS) is 14.3. The summed E-state index contributed by atoms with van der Waals surface area (Å²) < 4.78 is 7.08. The third-order valence-corrected chi connectivity index (χ3v) is 4.93. The summed E-state index contributed by atoms with van der Waals surface area (Å²) in [4.78, 5) is 16.9. The molecular formula is C21H41IN6O3. The minimum Gasteiger partial charge on any atom is -0.444 e. The summed E-state index contributed by atoms with van der Waals surface area (Å²) in [6, 6.07) is 0. The number of hydrogen-bond donors (Lipinski definition) is 4. The Morgan fingerprint density at radius 2 is 1.81 bits per heavy atom. The van der Waals surface area contributed by atoms with Gasteiger partial charge < -0.3 is 25.8 Å². The molecule has 0 aliphatic carbocycles. The van der Waals surface area contributed by atoms with Crippen LogP contribution in [0.15, 0.2) is 17.4 Å². The number of ether oxygens (including phenoxy) is 1. The SMILES string of the molecule is CCNC(=NCC(C)(O)c1cnn(C)c1)NCC(CC)(CC)NC(=O)OC(C)(C)C.I. The maximum atomic E-state index is 12.3. The second kappa shape index (κ2) is 12.5. The molecule has 0 fully saturated rings. The van der Waals surface area contributed by atoms with Gasteiger partial charge in [-0.05, 0) is 47.5 Å². The highest BCUT2D eigenvalue weighted by Gasteiger charge is 2.31. The van der Waals surface area contributed by atoms with E-state index in [1.807, 2.05) is 41.5 Å². The first-order chi connectivity index (χ1) is 13.9. The van der Waals surface area contributed by atoms with Gasteiger partial charge in [-0.15, -0.1) is 24.0 Å². The number of nitrogens with one attached hydrogen (secondary N) is 3. The van der Waals surface area contributed by atoms with Gasteiger partial charge in [-0.2, -0.15) is 5.10 Å². The van der Waals surface area contributed by atoms with Crippen molar-refractivity contribution in [1.82, 2.24) is 25.7 Å². The van der Waals surface area contributed by atoms with E-state index in [2.05, 4.69) is 26.0 Å². The Labute approximate surface area is 203 Å². The van der Waals surface area contributed by atoms with Gasteiger partial charge >= 0.3 is 6.09 Å². The fraction of sp³-hybridized carbons (Fsp3) is 0.762. The molecule has 180 valence electrons. The number of hydrogen-bond acceptors (Lipinski definition) is 5. The zero-order valence-corrected chi connectivity index (χ0v) is 22.5. The van der Waals surface area contributed by atoms with Crippen LogP contribution in [0, 0.1) is 0 Å². The molecule has 1 heterocycles. The number of guanidine groups is 1. The lowest BCUT2D eigenvalue weighted by molar-refractivity contribution is 0.0448. The van der Waals surface area contributed by atoms with Crippen LogP contribution in [0.3, 0.4) is 0 Å². The van der Waals surface area contributed by atoms with Crippen molar-refractivity contribution in [3.63, 3.8) is 0 Å². The van der Waals surface area contributed by atoms with E-state index in [0.717, 1.165) is 12.8 Å². The van der Waals surface area contributed by atoms with E-state index in [1.54, 1.807) is 31.0 Å². The van der Waals surface area contributed by atoms with Crippen LogP contribution in [0.4, 0.5) is 4.79 Å². The van der Waals surface area contributed by atoms with Gasteiger partial charge in [-0.3, -0.25) is 4.68 Å². The number of carbonyl (C=O) groups excluding carboxylic acids is 1. The van der Waals surface area contributed by atoms with Crippen LogP contribution in [0.2, 0.25) is 0 Å². The van der Waals surface area contributed by atoms with Crippen molar-refractivity contribution in [1.29, 1.82) is 0 Å². The lowest BCUT2D eigenvalue weighted by atomic mass is 9.93. The minimum absolute atomic E-state index is 0. The maximum absolute atomic E-state index is 12.3. The summed E-state index contributed by atoms with van der Waals surface area (Å²) in [6.45, 7) is 14.6. The van der Waals surface area contributed by atoms with E-state index in [4.69, 9.17) is 4.74 Å². The van der Waals surface area contributed by atoms with E-state index >= 15 is 0 Å². The molecule has 1 aromatic rings. The fourth-order valence-electron chi connectivity index (χ4n) is 2.86. The maximum Gasteiger partial charge on any atom is 0.408 e. The second-order valence-corrected chi connectivity index (χ2v) is 8.84. The molecule has 0 bridgehead atoms. The van der Waals surface area contributed by atoms with Gasteiger partial charge in [-0.25, -0.2) is 9.79 Å². The molecule has 0 radical (unpaired) electrons. The average molecular weight is 553 g/mol. The first-order valence-corrected chi connectivity index (χ1v) is 10.6. The predicted octanol–water partition coefficient (Wildman–Crippen LogP) is 2.88. The fourth-order valence-corrected chi connectivity index (χ4v) is 2.86. The van der Waals surface area contributed by atoms with E-state index in [9.17, 15) is 9.90 Å². The van der Waals surface area contributed by atoms with E-state index in [-0.39, 0.29) is 30.5 Å². The molecule has 1 atom stereocenters. The van der Waals surface area contributed by atoms with Crippen LogP contribution in [-0.4, -0.2) is 57.7 Å².